The second kappa shape index (κ2) is 8.05. The van der Waals surface area contributed by atoms with Gasteiger partial charge in [-0.05, 0) is 18.2 Å². The number of ketones is 1. The summed E-state index contributed by atoms with van der Waals surface area (Å²) in [6.07, 6.45) is 9.55. The lowest BCUT2D eigenvalue weighted by atomic mass is 10.1. The third kappa shape index (κ3) is 3.91. The van der Waals surface area contributed by atoms with E-state index in [9.17, 15) is 13.2 Å². The quantitative estimate of drug-likeness (QED) is 0.347. The van der Waals surface area contributed by atoms with Gasteiger partial charge in [-0.1, -0.05) is 48.4 Å². The van der Waals surface area contributed by atoms with Crippen molar-refractivity contribution in [3.8, 4) is 23.6 Å². The van der Waals surface area contributed by atoms with Crippen molar-refractivity contribution in [1.29, 1.82) is 0 Å². The number of anilines is 1. The Kier molecular flexibility index (Phi) is 5.28. The molecule has 0 spiro atoms. The van der Waals surface area contributed by atoms with Crippen LogP contribution < -0.4 is 4.31 Å². The number of hydrogen-bond donors (Lipinski definition) is 0. The molecule has 0 saturated heterocycles. The first-order chi connectivity index (χ1) is 14.9. The summed E-state index contributed by atoms with van der Waals surface area (Å²) in [6, 6.07) is 17.6. The summed E-state index contributed by atoms with van der Waals surface area (Å²) in [7, 11) is -3.55. The average Bonchev–Trinajstić information content (AvgIpc) is 3.21. The first-order valence-corrected chi connectivity index (χ1v) is 11.2. The summed E-state index contributed by atoms with van der Waals surface area (Å²) in [5.74, 6) is 2.20. The van der Waals surface area contributed by atoms with Crippen molar-refractivity contribution in [3.63, 3.8) is 0 Å². The number of aromatic nitrogens is 3. The number of carbonyl (C=O) groups is 1. The van der Waals surface area contributed by atoms with Crippen molar-refractivity contribution in [2.24, 2.45) is 0 Å². The zero-order valence-corrected chi connectivity index (χ0v) is 17.5. The molecular weight excluding hydrogens is 412 g/mol. The van der Waals surface area contributed by atoms with Crippen LogP contribution in [0.3, 0.4) is 0 Å². The molecule has 4 rings (SSSR count). The fraction of sp³-hybridized carbons (Fsp3) is 0.0870. The number of benzene rings is 2. The van der Waals surface area contributed by atoms with E-state index in [-0.39, 0.29) is 12.3 Å². The van der Waals surface area contributed by atoms with Crippen LogP contribution in [0.4, 0.5) is 5.69 Å². The summed E-state index contributed by atoms with van der Waals surface area (Å²) in [5, 5.41) is 4.37. The molecule has 0 N–H and O–H groups in total. The molecular formula is C23H18N4O3S. The molecule has 8 heteroatoms. The van der Waals surface area contributed by atoms with E-state index in [1.807, 2.05) is 12.1 Å². The molecule has 31 heavy (non-hydrogen) atoms. The molecule has 0 unspecified atom stereocenters. The van der Waals surface area contributed by atoms with E-state index in [1.54, 1.807) is 59.2 Å². The maximum Gasteiger partial charge on any atom is 0.233 e. The van der Waals surface area contributed by atoms with Gasteiger partial charge in [0.2, 0.25) is 10.0 Å². The summed E-state index contributed by atoms with van der Waals surface area (Å²) in [6.45, 7) is -0.0778. The van der Waals surface area contributed by atoms with Crippen LogP contribution in [0, 0.1) is 12.3 Å². The highest BCUT2D eigenvalue weighted by Gasteiger charge is 2.19. The fourth-order valence-electron chi connectivity index (χ4n) is 3.32. The zero-order chi connectivity index (χ0) is 22.0. The standard InChI is InChI=1S/C23H18N4O3S/c1-3-14-26(31(2,29)30)19-11-7-10-18(15-19)21-12-13-24-23-20(16-25-27(21)23)22(28)17-8-5-4-6-9-17/h1,4-13,15-16H,14H2,2H3. The van der Waals surface area contributed by atoms with E-state index in [0.29, 0.717) is 33.7 Å². The van der Waals surface area contributed by atoms with Crippen LogP contribution in [0.5, 0.6) is 0 Å². The second-order valence-corrected chi connectivity index (χ2v) is 8.75. The topological polar surface area (TPSA) is 84.6 Å². The molecule has 0 amide bonds. The molecule has 2 heterocycles. The number of terminal acetylenes is 1. The maximum atomic E-state index is 12.9. The highest BCUT2D eigenvalue weighted by atomic mass is 32.2. The Balaban J connectivity index is 1.81. The molecule has 0 bridgehead atoms. The van der Waals surface area contributed by atoms with Gasteiger partial charge in [0, 0.05) is 17.3 Å². The van der Waals surface area contributed by atoms with E-state index in [2.05, 4.69) is 16.0 Å². The monoisotopic (exact) mass is 430 g/mol. The van der Waals surface area contributed by atoms with Crippen LogP contribution in [-0.4, -0.2) is 41.6 Å². The van der Waals surface area contributed by atoms with Crippen LogP contribution in [-0.2, 0) is 10.0 Å². The van der Waals surface area contributed by atoms with Gasteiger partial charge in [0.1, 0.15) is 0 Å². The molecule has 0 radical (unpaired) electrons. The maximum absolute atomic E-state index is 12.9. The van der Waals surface area contributed by atoms with Crippen molar-refractivity contribution in [2.75, 3.05) is 17.1 Å². The van der Waals surface area contributed by atoms with E-state index >= 15 is 0 Å². The molecule has 2 aromatic heterocycles. The van der Waals surface area contributed by atoms with Crippen molar-refractivity contribution in [1.82, 2.24) is 14.6 Å². The van der Waals surface area contributed by atoms with Crippen molar-refractivity contribution < 1.29 is 13.2 Å². The first kappa shape index (κ1) is 20.3. The van der Waals surface area contributed by atoms with Crippen LogP contribution >= 0.6 is 0 Å². The summed E-state index contributed by atoms with van der Waals surface area (Å²) in [5.41, 5.74) is 3.15. The summed E-state index contributed by atoms with van der Waals surface area (Å²) >= 11 is 0. The summed E-state index contributed by atoms with van der Waals surface area (Å²) < 4.78 is 27.0. The third-order valence-corrected chi connectivity index (χ3v) is 5.89. The van der Waals surface area contributed by atoms with Gasteiger partial charge < -0.3 is 0 Å². The van der Waals surface area contributed by atoms with Crippen LogP contribution in [0.1, 0.15) is 15.9 Å². The Morgan fingerprint density at radius 2 is 1.90 bits per heavy atom. The second-order valence-electron chi connectivity index (χ2n) is 6.84. The number of rotatable bonds is 6. The number of nitrogens with zero attached hydrogens (tertiary/aromatic N) is 4. The number of carbonyl (C=O) groups excluding carboxylic acids is 1. The molecule has 0 saturated carbocycles. The Hall–Kier alpha value is -3.96. The lowest BCUT2D eigenvalue weighted by Gasteiger charge is -2.20. The van der Waals surface area contributed by atoms with E-state index < -0.39 is 10.0 Å². The predicted molar refractivity (Wildman–Crippen MR) is 119 cm³/mol. The van der Waals surface area contributed by atoms with Crippen LogP contribution in [0.25, 0.3) is 16.9 Å². The van der Waals surface area contributed by atoms with E-state index in [4.69, 9.17) is 6.42 Å². The molecule has 2 aromatic carbocycles. The first-order valence-electron chi connectivity index (χ1n) is 9.34. The molecule has 154 valence electrons. The zero-order valence-electron chi connectivity index (χ0n) is 16.6. The largest absolute Gasteiger partial charge is 0.288 e. The highest BCUT2D eigenvalue weighted by Crippen LogP contribution is 2.27. The summed E-state index contributed by atoms with van der Waals surface area (Å²) in [4.78, 5) is 17.3. The van der Waals surface area contributed by atoms with Gasteiger partial charge in [-0.25, -0.2) is 17.9 Å². The van der Waals surface area contributed by atoms with Crippen molar-refractivity contribution in [2.45, 2.75) is 0 Å². The third-order valence-electron chi connectivity index (χ3n) is 4.75. The lowest BCUT2D eigenvalue weighted by molar-refractivity contribution is 0.104. The average molecular weight is 430 g/mol. The van der Waals surface area contributed by atoms with Gasteiger partial charge in [-0.2, -0.15) is 5.10 Å². The Morgan fingerprint density at radius 3 is 2.61 bits per heavy atom. The molecule has 0 atom stereocenters. The Labute approximate surface area is 180 Å². The minimum absolute atomic E-state index is 0.0778. The van der Waals surface area contributed by atoms with E-state index in [0.717, 1.165) is 10.6 Å². The normalized spacial score (nSPS) is 11.2. The van der Waals surface area contributed by atoms with Gasteiger partial charge in [0.15, 0.2) is 11.4 Å². The Bertz CT molecular complexity index is 1420. The van der Waals surface area contributed by atoms with E-state index in [1.165, 1.54) is 6.20 Å². The molecule has 0 fully saturated rings. The number of sulfonamides is 1. The van der Waals surface area contributed by atoms with Gasteiger partial charge in [0.25, 0.3) is 0 Å². The number of fused-ring (bicyclic) bond motifs is 1. The van der Waals surface area contributed by atoms with Gasteiger partial charge in [-0.3, -0.25) is 9.10 Å². The fourth-order valence-corrected chi connectivity index (χ4v) is 4.12. The van der Waals surface area contributed by atoms with Gasteiger partial charge >= 0.3 is 0 Å². The van der Waals surface area contributed by atoms with Crippen LogP contribution in [0.2, 0.25) is 0 Å². The molecule has 0 aliphatic rings. The highest BCUT2D eigenvalue weighted by molar-refractivity contribution is 7.92. The molecule has 0 aliphatic heterocycles. The SMILES string of the molecule is C#CCN(c1cccc(-c2ccnc3c(C(=O)c4ccccc4)cnn23)c1)S(C)(=O)=O. The Morgan fingerprint density at radius 1 is 1.13 bits per heavy atom. The lowest BCUT2D eigenvalue weighted by Crippen LogP contribution is -2.30. The minimum atomic E-state index is -3.55. The van der Waals surface area contributed by atoms with Crippen LogP contribution in [0.15, 0.2) is 73.1 Å². The smallest absolute Gasteiger partial charge is 0.233 e. The molecule has 7 nitrogen and oxygen atoms in total. The molecule has 4 aromatic rings. The minimum Gasteiger partial charge on any atom is -0.288 e. The van der Waals surface area contributed by atoms with Crippen molar-refractivity contribution in [3.05, 3.63) is 84.2 Å². The molecule has 0 aliphatic carbocycles. The van der Waals surface area contributed by atoms with Crippen molar-refractivity contribution >= 4 is 27.1 Å². The number of hydrogen-bond acceptors (Lipinski definition) is 5. The predicted octanol–water partition coefficient (Wildman–Crippen LogP) is 3.03. The van der Waals surface area contributed by atoms with Gasteiger partial charge in [0.05, 0.1) is 35.9 Å². The van der Waals surface area contributed by atoms with Gasteiger partial charge in [-0.15, -0.1) is 6.42 Å².